The Bertz CT molecular complexity index is 246. The average molecular weight is 196 g/mol. The first-order valence-electron chi connectivity index (χ1n) is 5.55. The monoisotopic (exact) mass is 196 g/mol. The molecule has 1 aliphatic heterocycles. The molecule has 1 atom stereocenters. The molecule has 2 rings (SSSR count). The molecule has 1 saturated carbocycles. The Hall–Kier alpha value is -0.570. The highest BCUT2D eigenvalue weighted by atomic mass is 16.1. The van der Waals surface area contributed by atoms with Gasteiger partial charge in [-0.05, 0) is 26.7 Å². The van der Waals surface area contributed by atoms with E-state index in [9.17, 15) is 4.79 Å². The standard InChI is InChI=1S/C11H20N2O/c1-8(2)13-6-10(12-9(3)14)11(7-13)4-5-11/h8,10H,4-7H2,1-3H3,(H,12,14). The molecule has 1 spiro atoms. The average Bonchev–Trinajstić information content (AvgIpc) is 2.72. The minimum Gasteiger partial charge on any atom is -0.352 e. The van der Waals surface area contributed by atoms with Crippen LogP contribution in [-0.4, -0.2) is 36.0 Å². The lowest BCUT2D eigenvalue weighted by Crippen LogP contribution is -2.40. The van der Waals surface area contributed by atoms with Gasteiger partial charge >= 0.3 is 0 Å². The number of carbonyl (C=O) groups is 1. The molecule has 0 aromatic heterocycles. The number of hydrogen-bond acceptors (Lipinski definition) is 2. The van der Waals surface area contributed by atoms with Crippen molar-refractivity contribution in [2.24, 2.45) is 5.41 Å². The van der Waals surface area contributed by atoms with Gasteiger partial charge in [0, 0.05) is 37.5 Å². The van der Waals surface area contributed by atoms with Gasteiger partial charge in [0.15, 0.2) is 0 Å². The van der Waals surface area contributed by atoms with E-state index in [-0.39, 0.29) is 5.91 Å². The fourth-order valence-electron chi connectivity index (χ4n) is 2.51. The molecule has 14 heavy (non-hydrogen) atoms. The first kappa shape index (κ1) is 9.97. The van der Waals surface area contributed by atoms with E-state index in [0.717, 1.165) is 6.54 Å². The van der Waals surface area contributed by atoms with Crippen molar-refractivity contribution in [2.45, 2.75) is 45.7 Å². The van der Waals surface area contributed by atoms with Crippen molar-refractivity contribution >= 4 is 5.91 Å². The van der Waals surface area contributed by atoms with Crippen molar-refractivity contribution in [3.05, 3.63) is 0 Å². The van der Waals surface area contributed by atoms with Gasteiger partial charge in [-0.15, -0.1) is 0 Å². The Morgan fingerprint density at radius 1 is 1.50 bits per heavy atom. The molecule has 1 heterocycles. The quantitative estimate of drug-likeness (QED) is 0.714. The fraction of sp³-hybridized carbons (Fsp3) is 0.909. The Balaban J connectivity index is 2.00. The first-order valence-corrected chi connectivity index (χ1v) is 5.55. The Morgan fingerprint density at radius 3 is 2.57 bits per heavy atom. The number of likely N-dealkylation sites (tertiary alicyclic amines) is 1. The van der Waals surface area contributed by atoms with Crippen molar-refractivity contribution in [2.75, 3.05) is 13.1 Å². The van der Waals surface area contributed by atoms with Crippen LogP contribution in [0.3, 0.4) is 0 Å². The van der Waals surface area contributed by atoms with Crippen molar-refractivity contribution in [1.82, 2.24) is 10.2 Å². The molecule has 0 bridgehead atoms. The molecule has 2 aliphatic rings. The summed E-state index contributed by atoms with van der Waals surface area (Å²) in [5.74, 6) is 0.117. The zero-order chi connectivity index (χ0) is 10.3. The second-order valence-electron chi connectivity index (χ2n) is 5.14. The molecular formula is C11H20N2O. The lowest BCUT2D eigenvalue weighted by molar-refractivity contribution is -0.119. The zero-order valence-corrected chi connectivity index (χ0v) is 9.34. The van der Waals surface area contributed by atoms with E-state index in [1.165, 1.54) is 19.4 Å². The number of amides is 1. The van der Waals surface area contributed by atoms with E-state index in [0.29, 0.717) is 17.5 Å². The summed E-state index contributed by atoms with van der Waals surface area (Å²) in [5, 5.41) is 3.10. The molecule has 1 saturated heterocycles. The summed E-state index contributed by atoms with van der Waals surface area (Å²) in [6, 6.07) is 1.01. The number of hydrogen-bond donors (Lipinski definition) is 1. The van der Waals surface area contributed by atoms with Crippen LogP contribution in [-0.2, 0) is 4.79 Å². The first-order chi connectivity index (χ1) is 6.53. The van der Waals surface area contributed by atoms with Crippen molar-refractivity contribution in [1.29, 1.82) is 0 Å². The van der Waals surface area contributed by atoms with Crippen LogP contribution in [0.4, 0.5) is 0 Å². The summed E-state index contributed by atoms with van der Waals surface area (Å²) in [4.78, 5) is 13.5. The van der Waals surface area contributed by atoms with Crippen LogP contribution in [0.5, 0.6) is 0 Å². The number of rotatable bonds is 2. The van der Waals surface area contributed by atoms with Gasteiger partial charge in [-0.3, -0.25) is 9.69 Å². The van der Waals surface area contributed by atoms with Crippen LogP contribution in [0.25, 0.3) is 0 Å². The van der Waals surface area contributed by atoms with Crippen molar-refractivity contribution in [3.63, 3.8) is 0 Å². The molecule has 1 N–H and O–H groups in total. The van der Waals surface area contributed by atoms with Gasteiger partial charge in [-0.1, -0.05) is 0 Å². The highest BCUT2D eigenvalue weighted by molar-refractivity contribution is 5.73. The van der Waals surface area contributed by atoms with Crippen LogP contribution < -0.4 is 5.32 Å². The van der Waals surface area contributed by atoms with Crippen LogP contribution in [0, 0.1) is 5.41 Å². The van der Waals surface area contributed by atoms with Gasteiger partial charge in [0.25, 0.3) is 0 Å². The van der Waals surface area contributed by atoms with Crippen molar-refractivity contribution in [3.8, 4) is 0 Å². The molecule has 2 fully saturated rings. The van der Waals surface area contributed by atoms with E-state index in [1.807, 2.05) is 0 Å². The second-order valence-corrected chi connectivity index (χ2v) is 5.14. The molecule has 3 nitrogen and oxygen atoms in total. The molecule has 0 aromatic rings. The number of nitrogens with one attached hydrogen (secondary N) is 1. The lowest BCUT2D eigenvalue weighted by atomic mass is 10.0. The summed E-state index contributed by atoms with van der Waals surface area (Å²) in [5.41, 5.74) is 0.440. The third-order valence-electron chi connectivity index (χ3n) is 3.67. The van der Waals surface area contributed by atoms with Crippen LogP contribution in [0.1, 0.15) is 33.6 Å². The maximum absolute atomic E-state index is 11.1. The van der Waals surface area contributed by atoms with Gasteiger partial charge in [-0.25, -0.2) is 0 Å². The molecule has 1 aliphatic carbocycles. The minimum atomic E-state index is 0.117. The van der Waals surface area contributed by atoms with E-state index >= 15 is 0 Å². The predicted octanol–water partition coefficient (Wildman–Crippen LogP) is 0.995. The normalized spacial score (nSPS) is 29.9. The maximum atomic E-state index is 11.1. The van der Waals surface area contributed by atoms with Crippen LogP contribution >= 0.6 is 0 Å². The van der Waals surface area contributed by atoms with Gasteiger partial charge < -0.3 is 5.32 Å². The van der Waals surface area contributed by atoms with Gasteiger partial charge in [0.2, 0.25) is 5.91 Å². The Morgan fingerprint density at radius 2 is 2.14 bits per heavy atom. The summed E-state index contributed by atoms with van der Waals surface area (Å²) in [6.07, 6.45) is 2.59. The Kier molecular flexibility index (Phi) is 2.30. The lowest BCUT2D eigenvalue weighted by Gasteiger charge is -2.20. The summed E-state index contributed by atoms with van der Waals surface area (Å²) >= 11 is 0. The van der Waals surface area contributed by atoms with E-state index in [2.05, 4.69) is 24.1 Å². The van der Waals surface area contributed by atoms with Crippen LogP contribution in [0.15, 0.2) is 0 Å². The minimum absolute atomic E-state index is 0.117. The molecule has 0 radical (unpaired) electrons. The topological polar surface area (TPSA) is 32.3 Å². The zero-order valence-electron chi connectivity index (χ0n) is 9.34. The highest BCUT2D eigenvalue weighted by Gasteiger charge is 2.55. The third-order valence-corrected chi connectivity index (χ3v) is 3.67. The predicted molar refractivity (Wildman–Crippen MR) is 56.0 cm³/mol. The SMILES string of the molecule is CC(=O)NC1CN(C(C)C)CC12CC2. The van der Waals surface area contributed by atoms with Crippen LogP contribution in [0.2, 0.25) is 0 Å². The maximum Gasteiger partial charge on any atom is 0.217 e. The van der Waals surface area contributed by atoms with E-state index in [4.69, 9.17) is 0 Å². The second kappa shape index (κ2) is 3.23. The fourth-order valence-corrected chi connectivity index (χ4v) is 2.51. The third kappa shape index (κ3) is 1.65. The summed E-state index contributed by atoms with van der Waals surface area (Å²) in [6.45, 7) is 8.29. The molecule has 80 valence electrons. The van der Waals surface area contributed by atoms with Gasteiger partial charge in [0.1, 0.15) is 0 Å². The smallest absolute Gasteiger partial charge is 0.217 e. The Labute approximate surface area is 85.8 Å². The van der Waals surface area contributed by atoms with E-state index < -0.39 is 0 Å². The molecule has 1 amide bonds. The van der Waals surface area contributed by atoms with Gasteiger partial charge in [-0.2, -0.15) is 0 Å². The molecule has 0 aromatic carbocycles. The molecule has 3 heteroatoms. The molecular weight excluding hydrogens is 176 g/mol. The number of nitrogens with zero attached hydrogens (tertiary/aromatic N) is 1. The number of carbonyl (C=O) groups excluding carboxylic acids is 1. The van der Waals surface area contributed by atoms with E-state index in [1.54, 1.807) is 6.92 Å². The highest BCUT2D eigenvalue weighted by Crippen LogP contribution is 2.53. The van der Waals surface area contributed by atoms with Crippen molar-refractivity contribution < 1.29 is 4.79 Å². The largest absolute Gasteiger partial charge is 0.352 e. The van der Waals surface area contributed by atoms with Gasteiger partial charge in [0.05, 0.1) is 0 Å². The summed E-state index contributed by atoms with van der Waals surface area (Å²) in [7, 11) is 0. The molecule has 1 unspecified atom stereocenters. The summed E-state index contributed by atoms with van der Waals surface area (Å²) < 4.78 is 0.